The van der Waals surface area contributed by atoms with E-state index in [1.807, 2.05) is 11.8 Å². The number of furan rings is 1. The van der Waals surface area contributed by atoms with Crippen molar-refractivity contribution in [3.05, 3.63) is 40.2 Å². The van der Waals surface area contributed by atoms with Crippen molar-refractivity contribution in [1.29, 1.82) is 0 Å². The number of likely N-dealkylation sites (tertiary alicyclic amines) is 1. The van der Waals surface area contributed by atoms with E-state index in [0.29, 0.717) is 17.1 Å². The smallest absolute Gasteiger partial charge is 0.266 e. The Labute approximate surface area is 140 Å². The predicted molar refractivity (Wildman–Crippen MR) is 88.4 cm³/mol. The second-order valence-corrected chi connectivity index (χ2v) is 6.89. The molecule has 1 aliphatic heterocycles. The van der Waals surface area contributed by atoms with Crippen LogP contribution in [0, 0.1) is 6.92 Å². The molecule has 1 N–H and O–H groups in total. The van der Waals surface area contributed by atoms with E-state index in [-0.39, 0.29) is 11.9 Å². The Morgan fingerprint density at radius 3 is 3.09 bits per heavy atom. The highest BCUT2D eigenvalue weighted by Crippen LogP contribution is 2.28. The quantitative estimate of drug-likeness (QED) is 0.928. The molecule has 0 aliphatic carbocycles. The molecule has 1 amide bonds. The fourth-order valence-corrected chi connectivity index (χ4v) is 3.94. The average Bonchev–Trinajstić information content (AvgIpc) is 3.16. The minimum absolute atomic E-state index is 0.0339. The maximum absolute atomic E-state index is 12.9. The average molecular weight is 334 g/mol. The van der Waals surface area contributed by atoms with Crippen molar-refractivity contribution >= 4 is 17.2 Å². The third kappa shape index (κ3) is 3.64. The minimum Gasteiger partial charge on any atom is -0.467 e. The van der Waals surface area contributed by atoms with Crippen LogP contribution < -0.4 is 0 Å². The Balaban J connectivity index is 1.77. The summed E-state index contributed by atoms with van der Waals surface area (Å²) in [5.41, 5.74) is 2.50. The topological polar surface area (TPSA) is 66.6 Å². The number of hydrogen-bond acceptors (Lipinski definition) is 5. The second-order valence-electron chi connectivity index (χ2n) is 6.04. The van der Waals surface area contributed by atoms with Gasteiger partial charge in [0.1, 0.15) is 16.7 Å². The molecule has 6 heteroatoms. The first-order chi connectivity index (χ1) is 11.2. The number of nitrogens with zero attached hydrogens (tertiary/aromatic N) is 2. The number of amides is 1. The third-order valence-electron chi connectivity index (χ3n) is 4.44. The van der Waals surface area contributed by atoms with Crippen molar-refractivity contribution in [3.8, 4) is 0 Å². The number of hydrogen-bond donors (Lipinski definition) is 1. The van der Waals surface area contributed by atoms with Crippen molar-refractivity contribution in [2.75, 3.05) is 6.54 Å². The molecule has 2 aromatic rings. The highest BCUT2D eigenvalue weighted by molar-refractivity contribution is 7.11. The largest absolute Gasteiger partial charge is 0.467 e. The van der Waals surface area contributed by atoms with Crippen LogP contribution in [0.3, 0.4) is 0 Å². The molecule has 0 aromatic carbocycles. The fourth-order valence-electron chi connectivity index (χ4n) is 3.18. The van der Waals surface area contributed by atoms with E-state index < -0.39 is 6.10 Å². The number of aromatic nitrogens is 1. The van der Waals surface area contributed by atoms with Crippen LogP contribution in [0.2, 0.25) is 0 Å². The lowest BCUT2D eigenvalue weighted by Crippen LogP contribution is -2.40. The van der Waals surface area contributed by atoms with E-state index >= 15 is 0 Å². The van der Waals surface area contributed by atoms with E-state index in [4.69, 9.17) is 4.42 Å². The Hall–Kier alpha value is -1.66. The van der Waals surface area contributed by atoms with Crippen LogP contribution in [0.15, 0.2) is 28.3 Å². The van der Waals surface area contributed by atoms with Crippen LogP contribution in [0.25, 0.3) is 0 Å². The van der Waals surface area contributed by atoms with Crippen LogP contribution in [0.5, 0.6) is 0 Å². The molecule has 124 valence electrons. The molecule has 1 fully saturated rings. The van der Waals surface area contributed by atoms with Crippen molar-refractivity contribution in [1.82, 2.24) is 9.88 Å². The van der Waals surface area contributed by atoms with Crippen LogP contribution in [0.4, 0.5) is 0 Å². The van der Waals surface area contributed by atoms with Gasteiger partial charge >= 0.3 is 0 Å². The van der Waals surface area contributed by atoms with E-state index in [1.165, 1.54) is 11.3 Å². The van der Waals surface area contributed by atoms with Gasteiger partial charge in [0.15, 0.2) is 0 Å². The summed E-state index contributed by atoms with van der Waals surface area (Å²) in [7, 11) is 0. The lowest BCUT2D eigenvalue weighted by Gasteiger charge is -2.31. The number of thiazole rings is 1. The first-order valence-corrected chi connectivity index (χ1v) is 8.97. The molecule has 0 saturated carbocycles. The van der Waals surface area contributed by atoms with Crippen LogP contribution >= 0.6 is 11.3 Å². The van der Waals surface area contributed by atoms with Crippen LogP contribution in [-0.4, -0.2) is 33.5 Å². The van der Waals surface area contributed by atoms with Gasteiger partial charge in [0, 0.05) is 19.0 Å². The van der Waals surface area contributed by atoms with Crippen molar-refractivity contribution in [2.24, 2.45) is 0 Å². The Morgan fingerprint density at radius 2 is 2.39 bits per heavy atom. The van der Waals surface area contributed by atoms with Crippen molar-refractivity contribution < 1.29 is 14.3 Å². The highest BCUT2D eigenvalue weighted by atomic mass is 32.1. The van der Waals surface area contributed by atoms with Gasteiger partial charge in [0.2, 0.25) is 0 Å². The van der Waals surface area contributed by atoms with Gasteiger partial charge < -0.3 is 14.4 Å². The summed E-state index contributed by atoms with van der Waals surface area (Å²) in [4.78, 5) is 19.7. The lowest BCUT2D eigenvalue weighted by molar-refractivity contribution is 0.0561. The SMILES string of the molecule is Cc1ncsc1C(=O)N1CCCCC[C@@H]1C[C@H](O)c1ccco1. The maximum atomic E-state index is 12.9. The van der Waals surface area contributed by atoms with Crippen LogP contribution in [-0.2, 0) is 0 Å². The summed E-state index contributed by atoms with van der Waals surface area (Å²) in [5.74, 6) is 0.610. The summed E-state index contributed by atoms with van der Waals surface area (Å²) in [6.45, 7) is 2.61. The Morgan fingerprint density at radius 1 is 1.52 bits per heavy atom. The number of carbonyl (C=O) groups is 1. The first kappa shape index (κ1) is 16.2. The summed E-state index contributed by atoms with van der Waals surface area (Å²) in [6, 6.07) is 3.59. The molecular weight excluding hydrogens is 312 g/mol. The van der Waals surface area contributed by atoms with Gasteiger partial charge in [-0.05, 0) is 31.9 Å². The molecule has 23 heavy (non-hydrogen) atoms. The Kier molecular flexibility index (Phi) is 5.13. The first-order valence-electron chi connectivity index (χ1n) is 8.09. The summed E-state index contributed by atoms with van der Waals surface area (Å²) < 4.78 is 5.29. The van der Waals surface area contributed by atoms with E-state index in [2.05, 4.69) is 4.98 Å². The molecule has 5 nitrogen and oxygen atoms in total. The zero-order chi connectivity index (χ0) is 16.2. The number of aliphatic hydroxyl groups is 1. The predicted octanol–water partition coefficient (Wildman–Crippen LogP) is 3.55. The molecule has 3 rings (SSSR count). The van der Waals surface area contributed by atoms with Gasteiger partial charge in [-0.3, -0.25) is 4.79 Å². The molecular formula is C17H22N2O3S. The monoisotopic (exact) mass is 334 g/mol. The summed E-state index contributed by atoms with van der Waals surface area (Å²) in [5, 5.41) is 10.4. The molecule has 0 radical (unpaired) electrons. The summed E-state index contributed by atoms with van der Waals surface area (Å²) >= 11 is 1.39. The highest BCUT2D eigenvalue weighted by Gasteiger charge is 2.30. The van der Waals surface area contributed by atoms with Crippen LogP contribution in [0.1, 0.15) is 59.3 Å². The van der Waals surface area contributed by atoms with Crippen molar-refractivity contribution in [3.63, 3.8) is 0 Å². The molecule has 2 atom stereocenters. The van der Waals surface area contributed by atoms with Crippen molar-refractivity contribution in [2.45, 2.75) is 51.2 Å². The van der Waals surface area contributed by atoms with Gasteiger partial charge in [0.25, 0.3) is 5.91 Å². The second kappa shape index (κ2) is 7.27. The van der Waals surface area contributed by atoms with Gasteiger partial charge in [-0.25, -0.2) is 4.98 Å². The van der Waals surface area contributed by atoms with Gasteiger partial charge in [-0.1, -0.05) is 12.8 Å². The number of carbonyl (C=O) groups excluding carboxylic acids is 1. The van der Waals surface area contributed by atoms with E-state index in [9.17, 15) is 9.90 Å². The van der Waals surface area contributed by atoms with E-state index in [1.54, 1.807) is 23.9 Å². The Bertz CT molecular complexity index is 638. The minimum atomic E-state index is -0.675. The molecule has 1 aliphatic rings. The number of rotatable bonds is 4. The molecule has 3 heterocycles. The lowest BCUT2D eigenvalue weighted by atomic mass is 10.0. The zero-order valence-corrected chi connectivity index (χ0v) is 14.1. The third-order valence-corrected chi connectivity index (χ3v) is 5.36. The number of aryl methyl sites for hydroxylation is 1. The summed E-state index contributed by atoms with van der Waals surface area (Å²) in [6.07, 6.45) is 5.54. The van der Waals surface area contributed by atoms with E-state index in [0.717, 1.165) is 37.9 Å². The zero-order valence-electron chi connectivity index (χ0n) is 13.3. The standard InChI is InChI=1S/C17H22N2O3S/c1-12-16(23-11-18-12)17(21)19-8-4-2-3-6-13(19)10-14(20)15-7-5-9-22-15/h5,7,9,11,13-14,20H,2-4,6,8,10H2,1H3/t13-,14+/m1/s1. The fraction of sp³-hybridized carbons (Fsp3) is 0.529. The van der Waals surface area contributed by atoms with Gasteiger partial charge in [-0.2, -0.15) is 0 Å². The normalized spacial score (nSPS) is 20.3. The van der Waals surface area contributed by atoms with Gasteiger partial charge in [-0.15, -0.1) is 11.3 Å². The number of aliphatic hydroxyl groups excluding tert-OH is 1. The molecule has 1 saturated heterocycles. The molecule has 0 unspecified atom stereocenters. The van der Waals surface area contributed by atoms with Gasteiger partial charge in [0.05, 0.1) is 17.5 Å². The maximum Gasteiger partial charge on any atom is 0.266 e. The molecule has 0 spiro atoms. The molecule has 2 aromatic heterocycles. The molecule has 0 bridgehead atoms.